The molecule has 1 unspecified atom stereocenters. The van der Waals surface area contributed by atoms with Gasteiger partial charge in [0.2, 0.25) is 0 Å². The lowest BCUT2D eigenvalue weighted by Crippen LogP contribution is -2.21. The van der Waals surface area contributed by atoms with Gasteiger partial charge in [-0.2, -0.15) is 0 Å². The summed E-state index contributed by atoms with van der Waals surface area (Å²) < 4.78 is 14.3. The second-order valence-electron chi connectivity index (χ2n) is 4.32. The molecule has 0 saturated heterocycles. The van der Waals surface area contributed by atoms with Crippen molar-refractivity contribution in [2.24, 2.45) is 5.92 Å². The van der Waals surface area contributed by atoms with Gasteiger partial charge in [0, 0.05) is 12.8 Å². The molecule has 0 aliphatic carbocycles. The summed E-state index contributed by atoms with van der Waals surface area (Å²) in [5.74, 6) is -1.81. The molecule has 0 aliphatic heterocycles. The molecule has 6 heteroatoms. The van der Waals surface area contributed by atoms with Crippen molar-refractivity contribution in [2.45, 2.75) is 40.0 Å². The number of carbonyl (C=O) groups is 3. The molecule has 0 rings (SSSR count). The Morgan fingerprint density at radius 2 is 1.65 bits per heavy atom. The second-order valence-corrected chi connectivity index (χ2v) is 4.32. The summed E-state index contributed by atoms with van der Waals surface area (Å²) >= 11 is 0. The molecule has 114 valence electrons. The van der Waals surface area contributed by atoms with Crippen molar-refractivity contribution >= 4 is 17.9 Å². The van der Waals surface area contributed by atoms with Crippen LogP contribution < -0.4 is 0 Å². The van der Waals surface area contributed by atoms with E-state index >= 15 is 0 Å². The number of carbonyl (C=O) groups excluding carboxylic acids is 3. The number of rotatable bonds is 7. The van der Waals surface area contributed by atoms with Crippen LogP contribution in [-0.2, 0) is 28.6 Å². The van der Waals surface area contributed by atoms with E-state index in [1.54, 1.807) is 0 Å². The minimum Gasteiger partial charge on any atom is -0.469 e. The first-order chi connectivity index (χ1) is 9.37. The third-order valence-corrected chi connectivity index (χ3v) is 2.77. The Morgan fingerprint density at radius 3 is 2.05 bits per heavy atom. The van der Waals surface area contributed by atoms with Crippen LogP contribution in [-0.4, -0.2) is 32.1 Å². The van der Waals surface area contributed by atoms with Crippen LogP contribution in [0.2, 0.25) is 0 Å². The van der Waals surface area contributed by atoms with E-state index in [9.17, 15) is 14.4 Å². The molecule has 20 heavy (non-hydrogen) atoms. The van der Waals surface area contributed by atoms with Gasteiger partial charge in [-0.3, -0.25) is 9.59 Å². The smallest absolute Gasteiger partial charge is 0.337 e. The van der Waals surface area contributed by atoms with Crippen LogP contribution in [0.15, 0.2) is 11.3 Å². The van der Waals surface area contributed by atoms with Gasteiger partial charge in [0.1, 0.15) is 5.76 Å². The number of hydrogen-bond donors (Lipinski definition) is 0. The first-order valence-corrected chi connectivity index (χ1v) is 6.41. The molecular formula is C14H22O6. The molecule has 0 aromatic carbocycles. The zero-order chi connectivity index (χ0) is 15.7. The maximum Gasteiger partial charge on any atom is 0.337 e. The monoisotopic (exact) mass is 286 g/mol. The Morgan fingerprint density at radius 1 is 1.05 bits per heavy atom. The summed E-state index contributed by atoms with van der Waals surface area (Å²) in [7, 11) is 2.52. The van der Waals surface area contributed by atoms with Crippen LogP contribution in [0.25, 0.3) is 0 Å². The molecule has 1 atom stereocenters. The predicted molar refractivity (Wildman–Crippen MR) is 71.5 cm³/mol. The normalized spacial score (nSPS) is 13.1. The van der Waals surface area contributed by atoms with Crippen molar-refractivity contribution in [2.75, 3.05) is 14.2 Å². The minimum absolute atomic E-state index is 0.0351. The third kappa shape index (κ3) is 5.86. The molecule has 0 amide bonds. The summed E-state index contributed by atoms with van der Waals surface area (Å²) in [6.07, 6.45) is 1.38. The van der Waals surface area contributed by atoms with Crippen LogP contribution in [0.5, 0.6) is 0 Å². The molecule has 0 bridgehead atoms. The molecule has 0 N–H and O–H groups in total. The third-order valence-electron chi connectivity index (χ3n) is 2.77. The topological polar surface area (TPSA) is 78.9 Å². The van der Waals surface area contributed by atoms with Crippen LogP contribution >= 0.6 is 0 Å². The Labute approximate surface area is 119 Å². The summed E-state index contributed by atoms with van der Waals surface area (Å²) in [5.41, 5.74) is 0.204. The lowest BCUT2D eigenvalue weighted by Gasteiger charge is -2.19. The summed E-state index contributed by atoms with van der Waals surface area (Å²) in [5, 5.41) is 0. The molecule has 0 radical (unpaired) electrons. The molecule has 0 fully saturated rings. The lowest BCUT2D eigenvalue weighted by atomic mass is 9.90. The second kappa shape index (κ2) is 9.12. The fourth-order valence-electron chi connectivity index (χ4n) is 1.96. The van der Waals surface area contributed by atoms with E-state index < -0.39 is 23.8 Å². The summed E-state index contributed by atoms with van der Waals surface area (Å²) in [6, 6.07) is 0. The van der Waals surface area contributed by atoms with E-state index in [2.05, 4.69) is 4.74 Å². The van der Waals surface area contributed by atoms with Crippen molar-refractivity contribution in [3.05, 3.63) is 11.3 Å². The average molecular weight is 286 g/mol. The van der Waals surface area contributed by atoms with E-state index in [-0.39, 0.29) is 17.8 Å². The molecule has 0 saturated carbocycles. The van der Waals surface area contributed by atoms with Gasteiger partial charge in [-0.25, -0.2) is 4.79 Å². The summed E-state index contributed by atoms with van der Waals surface area (Å²) in [4.78, 5) is 34.4. The van der Waals surface area contributed by atoms with E-state index in [4.69, 9.17) is 9.47 Å². The molecule has 0 heterocycles. The van der Waals surface area contributed by atoms with Gasteiger partial charge >= 0.3 is 17.9 Å². The maximum atomic E-state index is 11.9. The Bertz CT molecular complexity index is 396. The van der Waals surface area contributed by atoms with E-state index in [0.717, 1.165) is 6.42 Å². The Kier molecular flexibility index (Phi) is 8.27. The van der Waals surface area contributed by atoms with Gasteiger partial charge in [0.25, 0.3) is 0 Å². The molecule has 0 aliphatic rings. The van der Waals surface area contributed by atoms with Gasteiger partial charge in [-0.15, -0.1) is 0 Å². The van der Waals surface area contributed by atoms with Crippen LogP contribution in [0.3, 0.4) is 0 Å². The average Bonchev–Trinajstić information content (AvgIpc) is 2.37. The largest absolute Gasteiger partial charge is 0.469 e. The fourth-order valence-corrected chi connectivity index (χ4v) is 1.96. The number of esters is 3. The maximum absolute atomic E-state index is 11.9. The van der Waals surface area contributed by atoms with Crippen LogP contribution in [0, 0.1) is 5.92 Å². The van der Waals surface area contributed by atoms with Crippen molar-refractivity contribution in [3.8, 4) is 0 Å². The summed E-state index contributed by atoms with van der Waals surface area (Å²) in [6.45, 7) is 4.68. The number of ether oxygens (including phenoxy) is 3. The standard InChI is InChI=1S/C14H22O6/c1-6-7-11(8-12(16)18-4)13(14(17)19-5)9(2)20-10(3)15/h11H,6-8H2,1-5H3/b13-9+. The van der Waals surface area contributed by atoms with E-state index in [1.807, 2.05) is 6.92 Å². The Hall–Kier alpha value is -1.85. The molecular weight excluding hydrogens is 264 g/mol. The first kappa shape index (κ1) is 18.1. The number of methoxy groups -OCH3 is 2. The van der Waals surface area contributed by atoms with Gasteiger partial charge in [-0.05, 0) is 13.3 Å². The van der Waals surface area contributed by atoms with Crippen LogP contribution in [0.4, 0.5) is 0 Å². The zero-order valence-electron chi connectivity index (χ0n) is 12.6. The highest BCUT2D eigenvalue weighted by Crippen LogP contribution is 2.26. The lowest BCUT2D eigenvalue weighted by molar-refractivity contribution is -0.142. The van der Waals surface area contributed by atoms with Gasteiger partial charge < -0.3 is 14.2 Å². The Balaban J connectivity index is 5.47. The number of hydrogen-bond acceptors (Lipinski definition) is 6. The predicted octanol–water partition coefficient (Wildman–Crippen LogP) is 1.98. The quantitative estimate of drug-likeness (QED) is 0.308. The highest BCUT2D eigenvalue weighted by atomic mass is 16.5. The SMILES string of the molecule is CCCC(CC(=O)OC)/C(C(=O)OC)=C(/C)OC(C)=O. The van der Waals surface area contributed by atoms with E-state index in [0.29, 0.717) is 6.42 Å². The van der Waals surface area contributed by atoms with Gasteiger partial charge in [0.05, 0.1) is 26.2 Å². The molecule has 6 nitrogen and oxygen atoms in total. The molecule has 0 spiro atoms. The first-order valence-electron chi connectivity index (χ1n) is 6.41. The van der Waals surface area contributed by atoms with Crippen LogP contribution in [0.1, 0.15) is 40.0 Å². The van der Waals surface area contributed by atoms with Gasteiger partial charge in [-0.1, -0.05) is 13.3 Å². The fraction of sp³-hybridized carbons (Fsp3) is 0.643. The van der Waals surface area contributed by atoms with Crippen molar-refractivity contribution in [3.63, 3.8) is 0 Å². The van der Waals surface area contributed by atoms with Crippen molar-refractivity contribution in [1.29, 1.82) is 0 Å². The van der Waals surface area contributed by atoms with Crippen molar-refractivity contribution in [1.82, 2.24) is 0 Å². The van der Waals surface area contributed by atoms with E-state index in [1.165, 1.54) is 28.1 Å². The number of allylic oxidation sites excluding steroid dienone is 1. The highest BCUT2D eigenvalue weighted by Gasteiger charge is 2.27. The molecule has 0 aromatic heterocycles. The van der Waals surface area contributed by atoms with Gasteiger partial charge in [0.15, 0.2) is 0 Å². The zero-order valence-corrected chi connectivity index (χ0v) is 12.6. The highest BCUT2D eigenvalue weighted by molar-refractivity contribution is 5.90. The van der Waals surface area contributed by atoms with Crippen molar-refractivity contribution < 1.29 is 28.6 Å². The minimum atomic E-state index is -0.605. The molecule has 0 aromatic rings.